The molecule has 2 aromatic rings. The predicted molar refractivity (Wildman–Crippen MR) is 70.4 cm³/mol. The third-order valence-electron chi connectivity index (χ3n) is 3.22. The van der Waals surface area contributed by atoms with E-state index in [1.165, 1.54) is 0 Å². The van der Waals surface area contributed by atoms with Gasteiger partial charge in [0.2, 0.25) is 0 Å². The van der Waals surface area contributed by atoms with Crippen LogP contribution in [-0.2, 0) is 19.6 Å². The number of nitrogens with two attached hydrogens (primary N) is 1. The average molecular weight is 264 g/mol. The van der Waals surface area contributed by atoms with Crippen LogP contribution < -0.4 is 10.6 Å². The normalized spacial score (nSPS) is 14.7. The number of rotatable bonds is 2. The van der Waals surface area contributed by atoms with Gasteiger partial charge in [0.25, 0.3) is 0 Å². The Balaban J connectivity index is 1.93. The van der Waals surface area contributed by atoms with Gasteiger partial charge in [-0.15, -0.1) is 0 Å². The number of hydrogen-bond acceptors (Lipinski definition) is 4. The molecule has 0 atom stereocenters. The second-order valence-electron chi connectivity index (χ2n) is 4.27. The minimum atomic E-state index is 0.427. The van der Waals surface area contributed by atoms with E-state index in [0.717, 1.165) is 36.8 Å². The van der Waals surface area contributed by atoms with Gasteiger partial charge in [0, 0.05) is 38.2 Å². The van der Waals surface area contributed by atoms with Crippen LogP contribution in [0.15, 0.2) is 24.7 Å². The average Bonchev–Trinajstić information content (AvgIpc) is 2.86. The van der Waals surface area contributed by atoms with Crippen molar-refractivity contribution in [1.29, 1.82) is 0 Å². The molecule has 0 unspecified atom stereocenters. The van der Waals surface area contributed by atoms with Gasteiger partial charge in [-0.05, 0) is 11.6 Å². The van der Waals surface area contributed by atoms with Crippen molar-refractivity contribution in [2.24, 2.45) is 5.73 Å². The van der Waals surface area contributed by atoms with Gasteiger partial charge in [-0.3, -0.25) is 0 Å². The van der Waals surface area contributed by atoms with Crippen molar-refractivity contribution in [3.63, 3.8) is 0 Å². The lowest BCUT2D eigenvalue weighted by Crippen LogP contribution is -2.34. The van der Waals surface area contributed by atoms with E-state index >= 15 is 0 Å². The van der Waals surface area contributed by atoms with Gasteiger partial charge in [0.15, 0.2) is 0 Å². The molecule has 0 spiro atoms. The van der Waals surface area contributed by atoms with E-state index in [4.69, 9.17) is 17.3 Å². The van der Waals surface area contributed by atoms with E-state index < -0.39 is 0 Å². The summed E-state index contributed by atoms with van der Waals surface area (Å²) in [5.41, 5.74) is 6.59. The smallest absolute Gasteiger partial charge is 0.148 e. The first-order valence-electron chi connectivity index (χ1n) is 5.88. The van der Waals surface area contributed by atoms with Gasteiger partial charge in [0.1, 0.15) is 11.6 Å². The van der Waals surface area contributed by atoms with Crippen molar-refractivity contribution in [3.8, 4) is 0 Å². The van der Waals surface area contributed by atoms with Crippen molar-refractivity contribution >= 4 is 17.4 Å². The minimum Gasteiger partial charge on any atom is -0.346 e. The molecule has 6 heteroatoms. The molecule has 0 aliphatic carbocycles. The molecule has 1 aliphatic heterocycles. The highest BCUT2D eigenvalue weighted by molar-refractivity contribution is 6.33. The van der Waals surface area contributed by atoms with E-state index in [2.05, 4.69) is 19.4 Å². The van der Waals surface area contributed by atoms with Crippen LogP contribution in [0, 0.1) is 0 Å². The molecule has 0 bridgehead atoms. The van der Waals surface area contributed by atoms with Crippen LogP contribution in [-0.4, -0.2) is 21.1 Å². The Labute approximate surface area is 110 Å². The summed E-state index contributed by atoms with van der Waals surface area (Å²) >= 11 is 6.33. The fourth-order valence-corrected chi connectivity index (χ4v) is 2.51. The van der Waals surface area contributed by atoms with Crippen molar-refractivity contribution in [1.82, 2.24) is 14.5 Å². The number of nitrogens with zero attached hydrogens (tertiary/aromatic N) is 4. The molecule has 0 saturated carbocycles. The van der Waals surface area contributed by atoms with Crippen molar-refractivity contribution in [3.05, 3.63) is 41.1 Å². The maximum absolute atomic E-state index is 6.33. The van der Waals surface area contributed by atoms with Gasteiger partial charge in [-0.25, -0.2) is 9.97 Å². The SMILES string of the molecule is NCc1ccnc(N2CCn3ccnc3C2)c1Cl. The summed E-state index contributed by atoms with van der Waals surface area (Å²) in [4.78, 5) is 10.8. The Kier molecular flexibility index (Phi) is 2.93. The van der Waals surface area contributed by atoms with Gasteiger partial charge in [-0.2, -0.15) is 0 Å². The zero-order valence-corrected chi connectivity index (χ0v) is 10.6. The largest absolute Gasteiger partial charge is 0.346 e. The highest BCUT2D eigenvalue weighted by Crippen LogP contribution is 2.28. The lowest BCUT2D eigenvalue weighted by Gasteiger charge is -2.29. The zero-order chi connectivity index (χ0) is 12.5. The Hall–Kier alpha value is -1.59. The van der Waals surface area contributed by atoms with E-state index in [1.807, 2.05) is 18.5 Å². The lowest BCUT2D eigenvalue weighted by atomic mass is 10.2. The molecule has 0 saturated heterocycles. The van der Waals surface area contributed by atoms with Crippen LogP contribution in [0.4, 0.5) is 5.82 Å². The lowest BCUT2D eigenvalue weighted by molar-refractivity contribution is 0.556. The number of pyridine rings is 1. The van der Waals surface area contributed by atoms with Crippen molar-refractivity contribution < 1.29 is 0 Å². The molecule has 3 rings (SSSR count). The van der Waals surface area contributed by atoms with Crippen LogP contribution >= 0.6 is 11.6 Å². The fraction of sp³-hybridized carbons (Fsp3) is 0.333. The summed E-state index contributed by atoms with van der Waals surface area (Å²) < 4.78 is 2.15. The fourth-order valence-electron chi connectivity index (χ4n) is 2.20. The summed E-state index contributed by atoms with van der Waals surface area (Å²) in [5.74, 6) is 1.84. The molecular weight excluding hydrogens is 250 g/mol. The second-order valence-corrected chi connectivity index (χ2v) is 4.65. The first-order valence-corrected chi connectivity index (χ1v) is 6.26. The molecule has 1 aliphatic rings. The number of hydrogen-bond donors (Lipinski definition) is 1. The molecule has 0 fully saturated rings. The van der Waals surface area contributed by atoms with Gasteiger partial charge >= 0.3 is 0 Å². The highest BCUT2D eigenvalue weighted by Gasteiger charge is 2.20. The molecule has 18 heavy (non-hydrogen) atoms. The summed E-state index contributed by atoms with van der Waals surface area (Å²) in [6, 6.07) is 1.86. The second kappa shape index (κ2) is 4.59. The topological polar surface area (TPSA) is 60.0 Å². The van der Waals surface area contributed by atoms with Gasteiger partial charge < -0.3 is 15.2 Å². The Morgan fingerprint density at radius 1 is 1.28 bits per heavy atom. The van der Waals surface area contributed by atoms with E-state index in [9.17, 15) is 0 Å². The van der Waals surface area contributed by atoms with E-state index in [0.29, 0.717) is 11.6 Å². The monoisotopic (exact) mass is 263 g/mol. The molecule has 2 N–H and O–H groups in total. The number of fused-ring (bicyclic) bond motifs is 1. The minimum absolute atomic E-state index is 0.427. The molecule has 3 heterocycles. The zero-order valence-electron chi connectivity index (χ0n) is 9.88. The summed E-state index contributed by atoms with van der Waals surface area (Å²) in [6.45, 7) is 2.94. The van der Waals surface area contributed by atoms with Crippen LogP contribution in [0.25, 0.3) is 0 Å². The third-order valence-corrected chi connectivity index (χ3v) is 3.63. The Bertz CT molecular complexity index is 565. The molecule has 5 nitrogen and oxygen atoms in total. The summed E-state index contributed by atoms with van der Waals surface area (Å²) in [6.07, 6.45) is 5.58. The summed E-state index contributed by atoms with van der Waals surface area (Å²) in [7, 11) is 0. The first-order chi connectivity index (χ1) is 8.79. The standard InChI is InChI=1S/C12H14ClN5/c13-11-9(7-14)1-2-16-12(11)18-6-5-17-4-3-15-10(17)8-18/h1-4H,5-8,14H2. The molecule has 0 radical (unpaired) electrons. The molecule has 0 aromatic carbocycles. The number of imidazole rings is 1. The number of aromatic nitrogens is 3. The maximum Gasteiger partial charge on any atom is 0.148 e. The van der Waals surface area contributed by atoms with Crippen LogP contribution in [0.2, 0.25) is 5.02 Å². The predicted octanol–water partition coefficient (Wildman–Crippen LogP) is 1.41. The first kappa shape index (κ1) is 11.5. The van der Waals surface area contributed by atoms with Gasteiger partial charge in [0.05, 0.1) is 11.6 Å². The van der Waals surface area contributed by atoms with E-state index in [-0.39, 0.29) is 0 Å². The van der Waals surface area contributed by atoms with Crippen LogP contribution in [0.3, 0.4) is 0 Å². The van der Waals surface area contributed by atoms with Crippen LogP contribution in [0.1, 0.15) is 11.4 Å². The summed E-state index contributed by atoms with van der Waals surface area (Å²) in [5, 5.41) is 0.653. The number of halogens is 1. The quantitative estimate of drug-likeness (QED) is 0.890. The maximum atomic E-state index is 6.33. The van der Waals surface area contributed by atoms with Crippen molar-refractivity contribution in [2.75, 3.05) is 11.4 Å². The third kappa shape index (κ3) is 1.85. The number of anilines is 1. The highest BCUT2D eigenvalue weighted by atomic mass is 35.5. The van der Waals surface area contributed by atoms with Crippen molar-refractivity contribution in [2.45, 2.75) is 19.6 Å². The van der Waals surface area contributed by atoms with E-state index in [1.54, 1.807) is 6.20 Å². The molecule has 2 aromatic heterocycles. The molecular formula is C12H14ClN5. The van der Waals surface area contributed by atoms with Gasteiger partial charge in [-0.1, -0.05) is 11.6 Å². The van der Waals surface area contributed by atoms with Crippen LogP contribution in [0.5, 0.6) is 0 Å². The Morgan fingerprint density at radius 3 is 3.00 bits per heavy atom. The Morgan fingerprint density at radius 2 is 2.17 bits per heavy atom. The molecule has 94 valence electrons. The molecule has 0 amide bonds.